The van der Waals surface area contributed by atoms with E-state index in [4.69, 9.17) is 12.2 Å². The van der Waals surface area contributed by atoms with Gasteiger partial charge in [-0.2, -0.15) is 5.10 Å². The molecule has 124 valence electrons. The van der Waals surface area contributed by atoms with Gasteiger partial charge in [-0.3, -0.25) is 4.68 Å². The molecule has 0 fully saturated rings. The van der Waals surface area contributed by atoms with Crippen molar-refractivity contribution in [1.82, 2.24) is 20.0 Å². The van der Waals surface area contributed by atoms with Crippen LogP contribution in [0.4, 0.5) is 10.1 Å². The highest BCUT2D eigenvalue weighted by Crippen LogP contribution is 2.10. The lowest BCUT2D eigenvalue weighted by molar-refractivity contribution is 0.400. The van der Waals surface area contributed by atoms with Gasteiger partial charge in [-0.05, 0) is 45.3 Å². The van der Waals surface area contributed by atoms with Gasteiger partial charge < -0.3 is 15.5 Å². The highest BCUT2D eigenvalue weighted by atomic mass is 32.1. The van der Waals surface area contributed by atoms with Crippen LogP contribution < -0.4 is 10.6 Å². The number of thiocarbonyl (C=S) groups is 1. The molecule has 7 heteroatoms. The molecular weight excluding hydrogens is 313 g/mol. The highest BCUT2D eigenvalue weighted by molar-refractivity contribution is 7.80. The molecule has 0 saturated carbocycles. The molecule has 1 heterocycles. The van der Waals surface area contributed by atoms with Crippen molar-refractivity contribution < 1.29 is 4.39 Å². The lowest BCUT2D eigenvalue weighted by Gasteiger charge is -2.11. The summed E-state index contributed by atoms with van der Waals surface area (Å²) >= 11 is 5.24. The van der Waals surface area contributed by atoms with Crippen LogP contribution in [0.15, 0.2) is 36.7 Å². The van der Waals surface area contributed by atoms with E-state index in [1.807, 2.05) is 20.2 Å². The van der Waals surface area contributed by atoms with Crippen LogP contribution in [0.1, 0.15) is 12.0 Å². The summed E-state index contributed by atoms with van der Waals surface area (Å²) in [4.78, 5) is 2.13. The minimum Gasteiger partial charge on any atom is -0.362 e. The van der Waals surface area contributed by atoms with Crippen molar-refractivity contribution in [2.45, 2.75) is 13.0 Å². The molecular formula is C16H22FN5S. The van der Waals surface area contributed by atoms with Gasteiger partial charge in [0, 0.05) is 18.3 Å². The van der Waals surface area contributed by atoms with Crippen LogP contribution in [0.5, 0.6) is 0 Å². The van der Waals surface area contributed by atoms with Gasteiger partial charge in [0.05, 0.1) is 18.4 Å². The summed E-state index contributed by atoms with van der Waals surface area (Å²) < 4.78 is 15.3. The molecule has 1 aromatic carbocycles. The van der Waals surface area contributed by atoms with Crippen molar-refractivity contribution in [3.63, 3.8) is 0 Å². The van der Waals surface area contributed by atoms with Gasteiger partial charge in [0.1, 0.15) is 5.82 Å². The van der Waals surface area contributed by atoms with Crippen molar-refractivity contribution in [2.24, 2.45) is 0 Å². The largest absolute Gasteiger partial charge is 0.362 e. The zero-order chi connectivity index (χ0) is 16.7. The van der Waals surface area contributed by atoms with Crippen LogP contribution >= 0.6 is 12.2 Å². The minimum absolute atomic E-state index is 0.226. The van der Waals surface area contributed by atoms with Crippen LogP contribution in [0.2, 0.25) is 0 Å². The number of rotatable bonds is 7. The van der Waals surface area contributed by atoms with Crippen molar-refractivity contribution in [3.8, 4) is 0 Å². The predicted octanol–water partition coefficient (Wildman–Crippen LogP) is 2.31. The van der Waals surface area contributed by atoms with Gasteiger partial charge in [-0.1, -0.05) is 18.2 Å². The van der Waals surface area contributed by atoms with Crippen molar-refractivity contribution in [2.75, 3.05) is 32.5 Å². The highest BCUT2D eigenvalue weighted by Gasteiger charge is 2.05. The normalized spacial score (nSPS) is 10.8. The topological polar surface area (TPSA) is 45.1 Å². The molecule has 0 bridgehead atoms. The van der Waals surface area contributed by atoms with E-state index in [-0.39, 0.29) is 5.82 Å². The lowest BCUT2D eigenvalue weighted by Crippen LogP contribution is -2.30. The van der Waals surface area contributed by atoms with Crippen molar-refractivity contribution in [1.29, 1.82) is 0 Å². The van der Waals surface area contributed by atoms with Gasteiger partial charge >= 0.3 is 0 Å². The molecule has 0 aliphatic rings. The third-order valence-electron chi connectivity index (χ3n) is 3.25. The zero-order valence-electron chi connectivity index (χ0n) is 13.4. The van der Waals surface area contributed by atoms with E-state index in [0.717, 1.165) is 25.2 Å². The molecule has 23 heavy (non-hydrogen) atoms. The van der Waals surface area contributed by atoms with Crippen LogP contribution in [-0.2, 0) is 6.54 Å². The van der Waals surface area contributed by atoms with E-state index in [2.05, 4.69) is 20.6 Å². The molecule has 2 N–H and O–H groups in total. The number of anilines is 1. The predicted molar refractivity (Wildman–Crippen MR) is 95.1 cm³/mol. The average Bonchev–Trinajstić information content (AvgIpc) is 2.93. The number of halogens is 1. The van der Waals surface area contributed by atoms with Gasteiger partial charge in [-0.25, -0.2) is 4.39 Å². The van der Waals surface area contributed by atoms with Crippen LogP contribution in [0.25, 0.3) is 0 Å². The first-order valence-electron chi connectivity index (χ1n) is 7.50. The van der Waals surface area contributed by atoms with Gasteiger partial charge in [0.25, 0.3) is 0 Å². The van der Waals surface area contributed by atoms with Gasteiger partial charge in [0.2, 0.25) is 0 Å². The maximum Gasteiger partial charge on any atom is 0.170 e. The number of aromatic nitrogens is 2. The van der Waals surface area contributed by atoms with E-state index in [0.29, 0.717) is 17.2 Å². The Morgan fingerprint density at radius 3 is 2.87 bits per heavy atom. The number of hydrogen-bond donors (Lipinski definition) is 2. The van der Waals surface area contributed by atoms with Crippen LogP contribution in [0, 0.1) is 5.82 Å². The zero-order valence-corrected chi connectivity index (χ0v) is 14.2. The molecule has 5 nitrogen and oxygen atoms in total. The summed E-state index contributed by atoms with van der Waals surface area (Å²) in [5.74, 6) is -0.226. The molecule has 0 radical (unpaired) electrons. The van der Waals surface area contributed by atoms with E-state index in [1.54, 1.807) is 29.2 Å². The summed E-state index contributed by atoms with van der Waals surface area (Å²) in [6.07, 6.45) is 4.50. The minimum atomic E-state index is -0.226. The van der Waals surface area contributed by atoms with E-state index >= 15 is 0 Å². The number of hydrogen-bond acceptors (Lipinski definition) is 3. The molecule has 0 atom stereocenters. The summed E-state index contributed by atoms with van der Waals surface area (Å²) in [7, 11) is 4.08. The SMILES string of the molecule is CN(C)CCCNC(=S)Nc1cnn(Cc2ccccc2F)c1. The first-order valence-corrected chi connectivity index (χ1v) is 7.91. The first-order chi connectivity index (χ1) is 11.0. The standard InChI is InChI=1S/C16H22FN5S/c1-21(2)9-5-8-18-16(23)20-14-10-19-22(12-14)11-13-6-3-4-7-15(13)17/h3-4,6-7,10,12H,5,8-9,11H2,1-2H3,(H2,18,20,23). The lowest BCUT2D eigenvalue weighted by atomic mass is 10.2. The molecule has 0 spiro atoms. The second-order valence-electron chi connectivity index (χ2n) is 5.56. The second-order valence-corrected chi connectivity index (χ2v) is 5.96. The number of nitrogens with zero attached hydrogens (tertiary/aromatic N) is 3. The Labute approximate surface area is 141 Å². The fraction of sp³-hybridized carbons (Fsp3) is 0.375. The maximum absolute atomic E-state index is 13.6. The fourth-order valence-electron chi connectivity index (χ4n) is 2.09. The Hall–Kier alpha value is -1.99. The molecule has 0 saturated heterocycles. The summed E-state index contributed by atoms with van der Waals surface area (Å²) in [6.45, 7) is 2.21. The molecule has 0 aliphatic heterocycles. The van der Waals surface area contributed by atoms with Gasteiger partial charge in [-0.15, -0.1) is 0 Å². The number of nitrogens with one attached hydrogen (secondary N) is 2. The Morgan fingerprint density at radius 1 is 1.35 bits per heavy atom. The summed E-state index contributed by atoms with van der Waals surface area (Å²) in [5.41, 5.74) is 1.39. The van der Waals surface area contributed by atoms with E-state index in [1.165, 1.54) is 6.07 Å². The maximum atomic E-state index is 13.6. The number of benzene rings is 1. The van der Waals surface area contributed by atoms with Crippen LogP contribution in [0.3, 0.4) is 0 Å². The molecule has 2 aromatic rings. The third-order valence-corrected chi connectivity index (χ3v) is 3.50. The van der Waals surface area contributed by atoms with Crippen molar-refractivity contribution in [3.05, 3.63) is 48.0 Å². The molecule has 0 aliphatic carbocycles. The molecule has 2 rings (SSSR count). The van der Waals surface area contributed by atoms with E-state index < -0.39 is 0 Å². The Kier molecular flexibility index (Phi) is 6.49. The van der Waals surface area contributed by atoms with Crippen molar-refractivity contribution >= 4 is 23.0 Å². The monoisotopic (exact) mass is 335 g/mol. The summed E-state index contributed by atoms with van der Waals surface area (Å²) in [5, 5.41) is 11.0. The Balaban J connectivity index is 1.80. The Morgan fingerprint density at radius 2 is 2.13 bits per heavy atom. The second kappa shape index (κ2) is 8.59. The van der Waals surface area contributed by atoms with Crippen LogP contribution in [-0.4, -0.2) is 47.0 Å². The summed E-state index contributed by atoms with van der Waals surface area (Å²) in [6, 6.07) is 6.69. The molecule has 0 amide bonds. The Bertz CT molecular complexity index is 641. The third kappa shape index (κ3) is 5.96. The average molecular weight is 335 g/mol. The smallest absolute Gasteiger partial charge is 0.170 e. The molecule has 1 aromatic heterocycles. The molecule has 0 unspecified atom stereocenters. The van der Waals surface area contributed by atoms with Gasteiger partial charge in [0.15, 0.2) is 5.11 Å². The fourth-order valence-corrected chi connectivity index (χ4v) is 2.31. The first kappa shape index (κ1) is 17.4. The van der Waals surface area contributed by atoms with E-state index in [9.17, 15) is 4.39 Å². The quantitative estimate of drug-likeness (QED) is 0.600.